The van der Waals surface area contributed by atoms with Crippen molar-refractivity contribution in [3.8, 4) is 0 Å². The summed E-state index contributed by atoms with van der Waals surface area (Å²) in [5.41, 5.74) is 1.40. The van der Waals surface area contributed by atoms with Crippen molar-refractivity contribution in [2.45, 2.75) is 25.4 Å². The maximum Gasteiger partial charge on any atom is 0.00668 e. The molecule has 0 saturated carbocycles. The van der Waals surface area contributed by atoms with Crippen molar-refractivity contribution in [1.29, 1.82) is 0 Å². The summed E-state index contributed by atoms with van der Waals surface area (Å²) in [5, 5.41) is 0.251. The molecule has 1 unspecified atom stereocenters. The summed E-state index contributed by atoms with van der Waals surface area (Å²) in [6.07, 6.45) is 1.15. The molecular formula is C10H15P. The van der Waals surface area contributed by atoms with Gasteiger partial charge in [-0.25, -0.2) is 0 Å². The lowest BCUT2D eigenvalue weighted by atomic mass is 9.98. The molecular weight excluding hydrogens is 151 g/mol. The highest BCUT2D eigenvalue weighted by Crippen LogP contribution is 2.33. The van der Waals surface area contributed by atoms with Crippen molar-refractivity contribution in [3.05, 3.63) is 35.9 Å². The predicted molar refractivity (Wildman–Crippen MR) is 53.8 cm³/mol. The molecule has 0 saturated heterocycles. The Hall–Kier alpha value is -0.350. The van der Waals surface area contributed by atoms with Gasteiger partial charge in [0.2, 0.25) is 0 Å². The molecule has 0 amide bonds. The Bertz CT molecular complexity index is 214. The van der Waals surface area contributed by atoms with Gasteiger partial charge in [0.15, 0.2) is 0 Å². The predicted octanol–water partition coefficient (Wildman–Crippen LogP) is 3.19. The fraction of sp³-hybridized carbons (Fsp3) is 0.400. The Morgan fingerprint density at radius 3 is 2.27 bits per heavy atom. The second-order valence-electron chi connectivity index (χ2n) is 3.14. The van der Waals surface area contributed by atoms with Crippen LogP contribution in [-0.4, -0.2) is 0 Å². The van der Waals surface area contributed by atoms with E-state index in [4.69, 9.17) is 0 Å². The molecule has 60 valence electrons. The molecule has 0 aromatic heterocycles. The van der Waals surface area contributed by atoms with E-state index in [9.17, 15) is 0 Å². The first-order valence-corrected chi connectivity index (χ1v) is 4.59. The first-order chi connectivity index (χ1) is 5.17. The molecule has 1 aromatic carbocycles. The van der Waals surface area contributed by atoms with E-state index in [2.05, 4.69) is 53.4 Å². The topological polar surface area (TPSA) is 0 Å². The molecule has 1 aromatic rings. The molecule has 0 spiro atoms. The van der Waals surface area contributed by atoms with E-state index in [1.54, 1.807) is 0 Å². The van der Waals surface area contributed by atoms with Gasteiger partial charge in [-0.05, 0) is 12.0 Å². The van der Waals surface area contributed by atoms with E-state index in [0.717, 1.165) is 6.42 Å². The standard InChI is InChI=1S/C10H15P/c1-3-10(2,11)9-7-5-4-6-8-9/h4-8H,3,11H2,1-2H3/t10-/m1/s1. The molecule has 0 bridgehead atoms. The molecule has 0 radical (unpaired) electrons. The van der Waals surface area contributed by atoms with E-state index >= 15 is 0 Å². The lowest BCUT2D eigenvalue weighted by Gasteiger charge is -2.22. The van der Waals surface area contributed by atoms with Crippen LogP contribution in [0.4, 0.5) is 0 Å². The number of benzene rings is 1. The van der Waals surface area contributed by atoms with Crippen LogP contribution in [-0.2, 0) is 5.16 Å². The zero-order valence-electron chi connectivity index (χ0n) is 7.17. The van der Waals surface area contributed by atoms with Gasteiger partial charge in [0.1, 0.15) is 0 Å². The molecule has 0 fully saturated rings. The van der Waals surface area contributed by atoms with Crippen LogP contribution in [0.25, 0.3) is 0 Å². The number of rotatable bonds is 2. The second kappa shape index (κ2) is 3.36. The van der Waals surface area contributed by atoms with Gasteiger partial charge < -0.3 is 0 Å². The summed E-state index contributed by atoms with van der Waals surface area (Å²) in [7, 11) is 2.91. The average Bonchev–Trinajstić information content (AvgIpc) is 2.06. The molecule has 0 N–H and O–H groups in total. The molecule has 1 heteroatoms. The minimum Gasteiger partial charge on any atom is -0.127 e. The second-order valence-corrected chi connectivity index (χ2v) is 4.41. The van der Waals surface area contributed by atoms with Gasteiger partial charge in [0, 0.05) is 5.16 Å². The fourth-order valence-electron chi connectivity index (χ4n) is 1.02. The number of hydrogen-bond acceptors (Lipinski definition) is 0. The van der Waals surface area contributed by atoms with E-state index in [1.807, 2.05) is 0 Å². The van der Waals surface area contributed by atoms with Gasteiger partial charge in [-0.2, -0.15) is 0 Å². The maximum atomic E-state index is 2.91. The van der Waals surface area contributed by atoms with Gasteiger partial charge in [-0.15, -0.1) is 9.24 Å². The van der Waals surface area contributed by atoms with Crippen LogP contribution < -0.4 is 0 Å². The zero-order chi connectivity index (χ0) is 8.32. The average molecular weight is 166 g/mol. The Labute approximate surface area is 71.2 Å². The SMILES string of the molecule is CC[C@@](C)(P)c1ccccc1. The van der Waals surface area contributed by atoms with Crippen molar-refractivity contribution in [1.82, 2.24) is 0 Å². The third-order valence-electron chi connectivity index (χ3n) is 2.17. The van der Waals surface area contributed by atoms with Crippen molar-refractivity contribution in [2.24, 2.45) is 0 Å². The minimum atomic E-state index is 0.251. The van der Waals surface area contributed by atoms with Gasteiger partial charge in [-0.3, -0.25) is 0 Å². The van der Waals surface area contributed by atoms with E-state index in [1.165, 1.54) is 5.56 Å². The van der Waals surface area contributed by atoms with E-state index in [0.29, 0.717) is 0 Å². The van der Waals surface area contributed by atoms with Gasteiger partial charge in [0.05, 0.1) is 0 Å². The van der Waals surface area contributed by atoms with Crippen LogP contribution in [0.2, 0.25) is 0 Å². The Balaban J connectivity index is 2.93. The van der Waals surface area contributed by atoms with Crippen LogP contribution in [0.5, 0.6) is 0 Å². The monoisotopic (exact) mass is 166 g/mol. The van der Waals surface area contributed by atoms with Crippen LogP contribution in [0, 0.1) is 0 Å². The molecule has 0 heterocycles. The molecule has 0 aliphatic heterocycles. The third-order valence-corrected chi connectivity index (χ3v) is 2.91. The lowest BCUT2D eigenvalue weighted by molar-refractivity contribution is 0.665. The summed E-state index contributed by atoms with van der Waals surface area (Å²) < 4.78 is 0. The normalized spacial score (nSPS) is 15.9. The van der Waals surface area contributed by atoms with E-state index in [-0.39, 0.29) is 5.16 Å². The van der Waals surface area contributed by atoms with Crippen molar-refractivity contribution >= 4 is 9.24 Å². The zero-order valence-corrected chi connectivity index (χ0v) is 8.33. The molecule has 1 rings (SSSR count). The summed E-state index contributed by atoms with van der Waals surface area (Å²) in [6.45, 7) is 4.45. The van der Waals surface area contributed by atoms with E-state index < -0.39 is 0 Å². The molecule has 2 atom stereocenters. The summed E-state index contributed by atoms with van der Waals surface area (Å²) in [5.74, 6) is 0. The highest BCUT2D eigenvalue weighted by atomic mass is 31.0. The highest BCUT2D eigenvalue weighted by Gasteiger charge is 2.16. The third kappa shape index (κ3) is 2.04. The molecule has 11 heavy (non-hydrogen) atoms. The van der Waals surface area contributed by atoms with Crippen LogP contribution >= 0.6 is 9.24 Å². The summed E-state index contributed by atoms with van der Waals surface area (Å²) in [6, 6.07) is 10.6. The number of hydrogen-bond donors (Lipinski definition) is 0. The van der Waals surface area contributed by atoms with Crippen molar-refractivity contribution in [2.75, 3.05) is 0 Å². The molecule has 0 aliphatic rings. The quantitative estimate of drug-likeness (QED) is 0.592. The fourth-order valence-corrected chi connectivity index (χ4v) is 1.22. The first-order valence-electron chi connectivity index (χ1n) is 4.01. The van der Waals surface area contributed by atoms with Crippen molar-refractivity contribution in [3.63, 3.8) is 0 Å². The summed E-state index contributed by atoms with van der Waals surface area (Å²) >= 11 is 0. The molecule has 0 aliphatic carbocycles. The van der Waals surface area contributed by atoms with Crippen LogP contribution in [0.1, 0.15) is 25.8 Å². The Kier molecular flexibility index (Phi) is 2.67. The highest BCUT2D eigenvalue weighted by molar-refractivity contribution is 7.18. The van der Waals surface area contributed by atoms with Gasteiger partial charge >= 0.3 is 0 Å². The largest absolute Gasteiger partial charge is 0.127 e. The molecule has 0 nitrogen and oxygen atoms in total. The van der Waals surface area contributed by atoms with Gasteiger partial charge in [-0.1, -0.05) is 44.2 Å². The minimum absolute atomic E-state index is 0.251. The van der Waals surface area contributed by atoms with Crippen LogP contribution in [0.3, 0.4) is 0 Å². The summed E-state index contributed by atoms with van der Waals surface area (Å²) in [4.78, 5) is 0. The Morgan fingerprint density at radius 1 is 1.27 bits per heavy atom. The Morgan fingerprint density at radius 2 is 1.82 bits per heavy atom. The first kappa shape index (κ1) is 8.74. The van der Waals surface area contributed by atoms with Gasteiger partial charge in [0.25, 0.3) is 0 Å². The van der Waals surface area contributed by atoms with Crippen LogP contribution in [0.15, 0.2) is 30.3 Å². The smallest absolute Gasteiger partial charge is 0.00668 e. The lowest BCUT2D eigenvalue weighted by Crippen LogP contribution is -2.10. The van der Waals surface area contributed by atoms with Crippen molar-refractivity contribution < 1.29 is 0 Å². The maximum absolute atomic E-state index is 2.91.